The van der Waals surface area contributed by atoms with E-state index in [-0.39, 0.29) is 29.5 Å². The van der Waals surface area contributed by atoms with Crippen LogP contribution in [0.5, 0.6) is 0 Å². The van der Waals surface area contributed by atoms with Crippen molar-refractivity contribution in [3.63, 3.8) is 0 Å². The second-order valence-corrected chi connectivity index (χ2v) is 7.71. The lowest BCUT2D eigenvalue weighted by atomic mass is 10.0. The van der Waals surface area contributed by atoms with E-state index in [2.05, 4.69) is 5.32 Å². The molecule has 1 aromatic heterocycles. The molecule has 1 fully saturated rings. The summed E-state index contributed by atoms with van der Waals surface area (Å²) in [6.45, 7) is 0.538. The first-order chi connectivity index (χ1) is 13.1. The number of thiophene rings is 1. The first-order valence-corrected chi connectivity index (χ1v) is 9.82. The highest BCUT2D eigenvalue weighted by molar-refractivity contribution is 7.14. The van der Waals surface area contributed by atoms with Gasteiger partial charge in [0, 0.05) is 17.9 Å². The summed E-state index contributed by atoms with van der Waals surface area (Å²) in [6.07, 6.45) is 2.40. The summed E-state index contributed by atoms with van der Waals surface area (Å²) >= 11 is 1.20. The van der Waals surface area contributed by atoms with Crippen molar-refractivity contribution in [1.29, 1.82) is 0 Å². The summed E-state index contributed by atoms with van der Waals surface area (Å²) in [7, 11) is 0. The van der Waals surface area contributed by atoms with Crippen LogP contribution in [-0.4, -0.2) is 41.3 Å². The van der Waals surface area contributed by atoms with Crippen LogP contribution in [0.15, 0.2) is 36.4 Å². The fourth-order valence-corrected chi connectivity index (χ4v) is 4.03. The van der Waals surface area contributed by atoms with Gasteiger partial charge in [0.1, 0.15) is 11.0 Å². The minimum absolute atomic E-state index is 0.0114. The van der Waals surface area contributed by atoms with Gasteiger partial charge in [0.25, 0.3) is 0 Å². The Morgan fingerprint density at radius 1 is 1.26 bits per heavy atom. The molecule has 3 N–H and O–H groups in total. The maximum atomic E-state index is 11.4. The van der Waals surface area contributed by atoms with E-state index in [0.29, 0.717) is 19.4 Å². The predicted octanol–water partition coefficient (Wildman–Crippen LogP) is 2.76. The van der Waals surface area contributed by atoms with E-state index in [1.165, 1.54) is 11.3 Å². The van der Waals surface area contributed by atoms with Crippen molar-refractivity contribution >= 4 is 23.2 Å². The van der Waals surface area contributed by atoms with Crippen molar-refractivity contribution in [3.05, 3.63) is 57.3 Å². The van der Waals surface area contributed by atoms with Crippen molar-refractivity contribution in [2.75, 3.05) is 13.2 Å². The van der Waals surface area contributed by atoms with Gasteiger partial charge in [-0.1, -0.05) is 24.3 Å². The van der Waals surface area contributed by atoms with Gasteiger partial charge in [-0.15, -0.1) is 11.3 Å². The number of aryl methyl sites for hydroxylation is 1. The molecule has 1 saturated heterocycles. The second kappa shape index (κ2) is 9.12. The number of carbonyl (C=O) groups excluding carboxylic acids is 1. The molecule has 144 valence electrons. The van der Waals surface area contributed by atoms with Crippen LogP contribution in [0.2, 0.25) is 0 Å². The van der Waals surface area contributed by atoms with E-state index in [1.54, 1.807) is 12.1 Å². The monoisotopic (exact) mass is 389 g/mol. The largest absolute Gasteiger partial charge is 0.477 e. The topological polar surface area (TPSA) is 95.9 Å². The van der Waals surface area contributed by atoms with Gasteiger partial charge in [-0.25, -0.2) is 4.79 Å². The van der Waals surface area contributed by atoms with Gasteiger partial charge in [-0.2, -0.15) is 0 Å². The Labute approximate surface area is 161 Å². The zero-order chi connectivity index (χ0) is 19.2. The molecule has 2 heterocycles. The molecule has 1 unspecified atom stereocenters. The highest BCUT2D eigenvalue weighted by atomic mass is 32.1. The molecule has 6 nitrogen and oxygen atoms in total. The van der Waals surface area contributed by atoms with Gasteiger partial charge in [-0.05, 0) is 42.5 Å². The molecule has 2 aromatic rings. The van der Waals surface area contributed by atoms with Gasteiger partial charge >= 0.3 is 5.97 Å². The summed E-state index contributed by atoms with van der Waals surface area (Å²) in [4.78, 5) is 23.7. The van der Waals surface area contributed by atoms with Crippen molar-refractivity contribution in [1.82, 2.24) is 5.32 Å². The summed E-state index contributed by atoms with van der Waals surface area (Å²) in [6, 6.07) is 11.3. The zero-order valence-electron chi connectivity index (χ0n) is 14.9. The summed E-state index contributed by atoms with van der Waals surface area (Å²) < 4.78 is 6.12. The molecule has 0 spiro atoms. The molecule has 2 atom stereocenters. The lowest BCUT2D eigenvalue weighted by molar-refractivity contribution is -0.119. The fraction of sp³-hybridized carbons (Fsp3) is 0.400. The number of carboxylic acids is 1. The zero-order valence-corrected chi connectivity index (χ0v) is 15.7. The number of aliphatic hydroxyl groups excluding tert-OH is 1. The molecule has 0 aliphatic carbocycles. The third-order valence-corrected chi connectivity index (χ3v) is 5.67. The van der Waals surface area contributed by atoms with Gasteiger partial charge < -0.3 is 20.3 Å². The number of hydrogen-bond acceptors (Lipinski definition) is 5. The van der Waals surface area contributed by atoms with Gasteiger partial charge in [0.05, 0.1) is 12.6 Å². The van der Waals surface area contributed by atoms with Crippen LogP contribution >= 0.6 is 11.3 Å². The highest BCUT2D eigenvalue weighted by Gasteiger charge is 2.24. The number of ether oxygens (including phenoxy) is 1. The number of aliphatic hydroxyl groups is 1. The number of aromatic carboxylic acids is 1. The van der Waals surface area contributed by atoms with E-state index in [9.17, 15) is 14.7 Å². The maximum Gasteiger partial charge on any atom is 0.345 e. The quantitative estimate of drug-likeness (QED) is 0.613. The van der Waals surface area contributed by atoms with Crippen molar-refractivity contribution in [2.45, 2.75) is 37.8 Å². The molecular formula is C20H23NO5S. The van der Waals surface area contributed by atoms with Crippen molar-refractivity contribution < 1.29 is 24.5 Å². The Morgan fingerprint density at radius 3 is 2.63 bits per heavy atom. The second-order valence-electron chi connectivity index (χ2n) is 6.59. The Hall–Kier alpha value is -2.22. The van der Waals surface area contributed by atoms with E-state index in [4.69, 9.17) is 9.84 Å². The van der Waals surface area contributed by atoms with Crippen LogP contribution in [0.1, 0.15) is 51.0 Å². The minimum atomic E-state index is -0.951. The molecule has 1 amide bonds. The Kier molecular flexibility index (Phi) is 6.60. The van der Waals surface area contributed by atoms with Gasteiger partial charge in [-0.3, -0.25) is 4.79 Å². The predicted molar refractivity (Wildman–Crippen MR) is 102 cm³/mol. The Morgan fingerprint density at radius 2 is 2.04 bits per heavy atom. The smallest absolute Gasteiger partial charge is 0.345 e. The van der Waals surface area contributed by atoms with Crippen molar-refractivity contribution in [2.24, 2.45) is 0 Å². The molecule has 0 radical (unpaired) electrons. The standard InChI is InChI=1S/C20H23NO5S/c22-11-1-2-13-3-5-14(6-4-13)19(16-8-9-17(27-16)20(24)25)26-12-15-7-10-18(23)21-15/h3-6,8-9,15,19,22H,1-2,7,10-12H2,(H,21,23)(H,24,25)/t15-,19?/m1/s1. The number of carbonyl (C=O) groups is 2. The van der Waals surface area contributed by atoms with Crippen LogP contribution in [0, 0.1) is 0 Å². The summed E-state index contributed by atoms with van der Waals surface area (Å²) in [5.74, 6) is -0.912. The number of benzene rings is 1. The lowest BCUT2D eigenvalue weighted by Gasteiger charge is -2.20. The molecule has 3 rings (SSSR count). The van der Waals surface area contributed by atoms with Crippen LogP contribution < -0.4 is 5.32 Å². The Balaban J connectivity index is 1.77. The molecule has 0 bridgehead atoms. The summed E-state index contributed by atoms with van der Waals surface area (Å²) in [5, 5.41) is 21.1. The molecule has 1 aliphatic heterocycles. The van der Waals surface area contributed by atoms with Crippen LogP contribution in [0.3, 0.4) is 0 Å². The highest BCUT2D eigenvalue weighted by Crippen LogP contribution is 2.32. The SMILES string of the molecule is O=C1CC[C@H](COC(c2ccc(CCCO)cc2)c2ccc(C(=O)O)s2)N1. The lowest BCUT2D eigenvalue weighted by Crippen LogP contribution is -2.30. The number of amides is 1. The molecule has 7 heteroatoms. The van der Waals surface area contributed by atoms with E-state index in [0.717, 1.165) is 28.8 Å². The normalized spacial score (nSPS) is 17.7. The third-order valence-electron chi connectivity index (χ3n) is 4.55. The van der Waals surface area contributed by atoms with Gasteiger partial charge in [0.2, 0.25) is 5.91 Å². The molecule has 1 aliphatic rings. The van der Waals surface area contributed by atoms with Gasteiger partial charge in [0.15, 0.2) is 0 Å². The van der Waals surface area contributed by atoms with E-state index >= 15 is 0 Å². The number of nitrogens with one attached hydrogen (secondary N) is 1. The van der Waals surface area contributed by atoms with E-state index < -0.39 is 5.97 Å². The van der Waals surface area contributed by atoms with Crippen LogP contribution in [0.25, 0.3) is 0 Å². The minimum Gasteiger partial charge on any atom is -0.477 e. The maximum absolute atomic E-state index is 11.4. The first kappa shape index (κ1) is 19.5. The molecule has 27 heavy (non-hydrogen) atoms. The average molecular weight is 389 g/mol. The average Bonchev–Trinajstić information content (AvgIpc) is 3.31. The number of hydrogen-bond donors (Lipinski definition) is 3. The first-order valence-electron chi connectivity index (χ1n) is 9.00. The molecule has 1 aromatic carbocycles. The number of rotatable bonds is 9. The molecular weight excluding hydrogens is 366 g/mol. The molecule has 0 saturated carbocycles. The third kappa shape index (κ3) is 5.15. The van der Waals surface area contributed by atoms with Crippen LogP contribution in [-0.2, 0) is 16.0 Å². The van der Waals surface area contributed by atoms with Crippen molar-refractivity contribution in [3.8, 4) is 0 Å². The van der Waals surface area contributed by atoms with Crippen LogP contribution in [0.4, 0.5) is 0 Å². The Bertz CT molecular complexity index is 786. The fourth-order valence-electron chi connectivity index (χ4n) is 3.11. The number of carboxylic acid groups (broad SMARTS) is 1. The van der Waals surface area contributed by atoms with E-state index in [1.807, 2.05) is 24.3 Å². The summed E-state index contributed by atoms with van der Waals surface area (Å²) in [5.41, 5.74) is 2.07.